The monoisotopic (exact) mass is 451 g/mol. The number of halogens is 1. The van der Waals surface area contributed by atoms with Gasteiger partial charge in [0.05, 0.1) is 13.4 Å². The van der Waals surface area contributed by atoms with E-state index in [0.717, 1.165) is 32.8 Å². The first-order valence-electron chi connectivity index (χ1n) is 10.9. The highest BCUT2D eigenvalue weighted by atomic mass is 19.1. The molecule has 0 spiro atoms. The van der Waals surface area contributed by atoms with E-state index in [1.165, 1.54) is 18.2 Å². The molecule has 1 N–H and O–H groups in total. The summed E-state index contributed by atoms with van der Waals surface area (Å²) in [5.41, 5.74) is 4.60. The van der Waals surface area contributed by atoms with E-state index in [-0.39, 0.29) is 5.91 Å². The zero-order chi connectivity index (χ0) is 23.7. The second kappa shape index (κ2) is 8.87. The van der Waals surface area contributed by atoms with Gasteiger partial charge in [-0.05, 0) is 53.1 Å². The molecule has 1 amide bonds. The van der Waals surface area contributed by atoms with E-state index >= 15 is 0 Å². The molecule has 5 rings (SSSR count). The van der Waals surface area contributed by atoms with Gasteiger partial charge in [0, 0.05) is 34.3 Å². The third-order valence-electron chi connectivity index (χ3n) is 5.84. The predicted molar refractivity (Wildman–Crippen MR) is 134 cm³/mol. The van der Waals surface area contributed by atoms with Crippen molar-refractivity contribution in [3.8, 4) is 16.9 Å². The summed E-state index contributed by atoms with van der Waals surface area (Å²) >= 11 is 0. The van der Waals surface area contributed by atoms with E-state index in [0.29, 0.717) is 22.6 Å². The van der Waals surface area contributed by atoms with Gasteiger partial charge < -0.3 is 14.5 Å². The number of furan rings is 1. The fourth-order valence-electron chi connectivity index (χ4n) is 4.22. The number of methoxy groups -OCH3 is 1. The van der Waals surface area contributed by atoms with Gasteiger partial charge in [-0.25, -0.2) is 4.39 Å². The Hall–Kier alpha value is -4.38. The van der Waals surface area contributed by atoms with E-state index < -0.39 is 5.82 Å². The Balaban J connectivity index is 1.57. The van der Waals surface area contributed by atoms with Crippen LogP contribution in [-0.4, -0.2) is 13.0 Å². The van der Waals surface area contributed by atoms with Gasteiger partial charge in [-0.1, -0.05) is 48.5 Å². The summed E-state index contributed by atoms with van der Waals surface area (Å²) in [6, 6.07) is 24.0. The molecule has 0 radical (unpaired) electrons. The molecular weight excluding hydrogens is 429 g/mol. The fourth-order valence-corrected chi connectivity index (χ4v) is 4.22. The largest absolute Gasteiger partial charge is 0.496 e. The molecule has 168 valence electrons. The molecule has 1 heterocycles. The highest BCUT2D eigenvalue weighted by Gasteiger charge is 2.16. The minimum absolute atomic E-state index is 0.355. The predicted octanol–water partition coefficient (Wildman–Crippen LogP) is 7.44. The Bertz CT molecular complexity index is 1560. The van der Waals surface area contributed by atoms with Gasteiger partial charge in [0.15, 0.2) is 0 Å². The first-order valence-corrected chi connectivity index (χ1v) is 10.9. The second-order valence-electron chi connectivity index (χ2n) is 8.05. The lowest BCUT2D eigenvalue weighted by molar-refractivity contribution is -0.111. The molecule has 0 atom stereocenters. The highest BCUT2D eigenvalue weighted by molar-refractivity contribution is 6.07. The van der Waals surface area contributed by atoms with Crippen LogP contribution in [0.4, 0.5) is 10.1 Å². The van der Waals surface area contributed by atoms with Crippen LogP contribution in [0.5, 0.6) is 5.75 Å². The highest BCUT2D eigenvalue weighted by Crippen LogP contribution is 2.39. The number of carbonyl (C=O) groups excluding carboxylic acids is 1. The van der Waals surface area contributed by atoms with Crippen LogP contribution in [0, 0.1) is 5.82 Å². The van der Waals surface area contributed by atoms with Gasteiger partial charge in [-0.15, -0.1) is 0 Å². The maximum Gasteiger partial charge on any atom is 0.248 e. The van der Waals surface area contributed by atoms with E-state index in [4.69, 9.17) is 9.15 Å². The lowest BCUT2D eigenvalue weighted by atomic mass is 9.96. The number of anilines is 1. The van der Waals surface area contributed by atoms with Crippen LogP contribution in [0.3, 0.4) is 0 Å². The Morgan fingerprint density at radius 1 is 0.941 bits per heavy atom. The summed E-state index contributed by atoms with van der Waals surface area (Å²) in [5.74, 6) is -0.170. The molecule has 0 aliphatic carbocycles. The van der Waals surface area contributed by atoms with Crippen LogP contribution >= 0.6 is 0 Å². The van der Waals surface area contributed by atoms with Crippen molar-refractivity contribution in [2.45, 2.75) is 6.92 Å². The van der Waals surface area contributed by atoms with Crippen LogP contribution in [-0.2, 0) is 4.79 Å². The number of benzene rings is 4. The number of amides is 1. The summed E-state index contributed by atoms with van der Waals surface area (Å²) in [4.78, 5) is 12.6. The first kappa shape index (κ1) is 21.5. The fraction of sp³-hybridized carbons (Fsp3) is 0.0690. The van der Waals surface area contributed by atoms with Crippen molar-refractivity contribution in [3.05, 3.63) is 103 Å². The number of hydrogen-bond acceptors (Lipinski definition) is 3. The van der Waals surface area contributed by atoms with E-state index in [2.05, 4.69) is 29.6 Å². The molecule has 4 nitrogen and oxygen atoms in total. The molecule has 34 heavy (non-hydrogen) atoms. The topological polar surface area (TPSA) is 51.5 Å². The third-order valence-corrected chi connectivity index (χ3v) is 5.84. The average molecular weight is 451 g/mol. The van der Waals surface area contributed by atoms with Crippen molar-refractivity contribution in [2.75, 3.05) is 12.4 Å². The molecule has 1 aromatic heterocycles. The van der Waals surface area contributed by atoms with Crippen molar-refractivity contribution < 1.29 is 18.3 Å². The van der Waals surface area contributed by atoms with Gasteiger partial charge >= 0.3 is 0 Å². The number of allylic oxidation sites excluding steroid dienone is 1. The van der Waals surface area contributed by atoms with Crippen LogP contribution < -0.4 is 10.1 Å². The average Bonchev–Trinajstić information content (AvgIpc) is 3.25. The number of ether oxygens (including phenoxy) is 1. The Labute approximate surface area is 196 Å². The van der Waals surface area contributed by atoms with Crippen LogP contribution in [0.15, 0.2) is 95.6 Å². The van der Waals surface area contributed by atoms with Gasteiger partial charge in [0.2, 0.25) is 5.91 Å². The standard InChI is InChI=1S/C29H22FNO3/c1-18(13-29(32)31-21-10-6-9-20(30)14-21)24-15-25-26(17-34-28(25)16-27(24)33-2)23-12-5-8-19-7-3-4-11-22(19)23/h3-17H,1-2H3,(H,31,32)/b18-13+. The van der Waals surface area contributed by atoms with E-state index in [1.54, 1.807) is 25.5 Å². The normalized spacial score (nSPS) is 11.7. The van der Waals surface area contributed by atoms with Crippen molar-refractivity contribution in [1.82, 2.24) is 0 Å². The third kappa shape index (κ3) is 4.04. The lowest BCUT2D eigenvalue weighted by Gasteiger charge is -2.11. The van der Waals surface area contributed by atoms with Crippen molar-refractivity contribution in [3.63, 3.8) is 0 Å². The van der Waals surface area contributed by atoms with Gasteiger partial charge in [-0.3, -0.25) is 4.79 Å². The summed E-state index contributed by atoms with van der Waals surface area (Å²) in [6.45, 7) is 1.84. The Morgan fingerprint density at radius 3 is 2.56 bits per heavy atom. The minimum Gasteiger partial charge on any atom is -0.496 e. The van der Waals surface area contributed by atoms with Crippen molar-refractivity contribution >= 4 is 38.9 Å². The summed E-state index contributed by atoms with van der Waals surface area (Å²) in [6.07, 6.45) is 3.23. The number of hydrogen-bond donors (Lipinski definition) is 1. The second-order valence-corrected chi connectivity index (χ2v) is 8.05. The quantitative estimate of drug-likeness (QED) is 0.283. The van der Waals surface area contributed by atoms with Gasteiger partial charge in [0.1, 0.15) is 17.1 Å². The van der Waals surface area contributed by atoms with Crippen molar-refractivity contribution in [2.24, 2.45) is 0 Å². The molecule has 0 saturated carbocycles. The molecule has 0 fully saturated rings. The molecule has 5 heteroatoms. The molecule has 0 saturated heterocycles. The molecule has 0 bridgehead atoms. The first-order chi connectivity index (χ1) is 16.5. The number of rotatable bonds is 5. The Kier molecular flexibility index (Phi) is 5.60. The Morgan fingerprint density at radius 2 is 1.74 bits per heavy atom. The van der Waals surface area contributed by atoms with Crippen LogP contribution in [0.2, 0.25) is 0 Å². The van der Waals surface area contributed by atoms with Crippen LogP contribution in [0.25, 0.3) is 38.4 Å². The maximum absolute atomic E-state index is 13.4. The number of carbonyl (C=O) groups is 1. The van der Waals surface area contributed by atoms with Crippen LogP contribution in [0.1, 0.15) is 12.5 Å². The summed E-state index contributed by atoms with van der Waals surface area (Å²) in [7, 11) is 1.58. The maximum atomic E-state index is 13.4. The van der Waals surface area contributed by atoms with E-state index in [1.807, 2.05) is 37.3 Å². The molecule has 0 aliphatic rings. The number of fused-ring (bicyclic) bond motifs is 2. The number of nitrogens with one attached hydrogen (secondary N) is 1. The molecule has 0 unspecified atom stereocenters. The molecule has 5 aromatic rings. The van der Waals surface area contributed by atoms with Gasteiger partial charge in [-0.2, -0.15) is 0 Å². The van der Waals surface area contributed by atoms with E-state index in [9.17, 15) is 9.18 Å². The SMILES string of the molecule is COc1cc2occ(-c3cccc4ccccc34)c2cc1/C(C)=C/C(=O)Nc1cccc(F)c1. The summed E-state index contributed by atoms with van der Waals surface area (Å²) in [5, 5.41) is 5.90. The van der Waals surface area contributed by atoms with Gasteiger partial charge in [0.25, 0.3) is 0 Å². The molecule has 4 aromatic carbocycles. The smallest absolute Gasteiger partial charge is 0.248 e. The summed E-state index contributed by atoms with van der Waals surface area (Å²) < 4.78 is 24.9. The zero-order valence-corrected chi connectivity index (χ0v) is 18.8. The molecule has 0 aliphatic heterocycles. The lowest BCUT2D eigenvalue weighted by Crippen LogP contribution is -2.08. The molecular formula is C29H22FNO3. The van der Waals surface area contributed by atoms with Crippen molar-refractivity contribution in [1.29, 1.82) is 0 Å². The minimum atomic E-state index is -0.411. The zero-order valence-electron chi connectivity index (χ0n) is 18.8.